The van der Waals surface area contributed by atoms with Crippen molar-refractivity contribution in [3.05, 3.63) is 30.1 Å². The fraction of sp³-hybridized carbons (Fsp3) is 0. The molecule has 0 fully saturated rings. The molecule has 1 aromatic heterocycles. The van der Waals surface area contributed by atoms with E-state index < -0.39 is 32.6 Å². The van der Waals surface area contributed by atoms with E-state index in [1.54, 1.807) is 0 Å². The van der Waals surface area contributed by atoms with Crippen LogP contribution >= 0.6 is 0 Å². The Bertz CT molecular complexity index is 772. The van der Waals surface area contributed by atoms with Gasteiger partial charge in [0.1, 0.15) is 10.6 Å². The van der Waals surface area contributed by atoms with Crippen LogP contribution in [-0.4, -0.2) is 22.9 Å². The lowest BCUT2D eigenvalue weighted by Crippen LogP contribution is -2.06. The first-order valence-electron chi connectivity index (χ1n) is 5.06. The van der Waals surface area contributed by atoms with Crippen molar-refractivity contribution in [1.82, 2.24) is 9.97 Å². The Hall–Kier alpha value is -2.33. The summed E-state index contributed by atoms with van der Waals surface area (Å²) in [6.07, 6.45) is 0. The zero-order valence-corrected chi connectivity index (χ0v) is 10.5. The normalized spacial score (nSPS) is 11.6. The van der Waals surface area contributed by atoms with Crippen molar-refractivity contribution in [3.8, 4) is 11.4 Å². The van der Waals surface area contributed by atoms with Crippen LogP contribution in [0.1, 0.15) is 0 Å². The minimum atomic E-state index is -4.49. The summed E-state index contributed by atoms with van der Waals surface area (Å²) in [4.78, 5) is 6.12. The number of nitrogen functional groups attached to an aromatic ring is 2. The lowest BCUT2D eigenvalue weighted by Gasteiger charge is -2.06. The number of halogens is 2. The van der Waals surface area contributed by atoms with Crippen molar-refractivity contribution in [1.29, 1.82) is 0 Å². The van der Waals surface area contributed by atoms with E-state index in [4.69, 9.17) is 16.0 Å². The average molecular weight is 302 g/mol. The van der Waals surface area contributed by atoms with Crippen LogP contribution in [0.25, 0.3) is 11.4 Å². The molecule has 20 heavy (non-hydrogen) atoms. The third-order valence-electron chi connectivity index (χ3n) is 2.40. The van der Waals surface area contributed by atoms with Gasteiger partial charge in [0.05, 0.1) is 5.69 Å². The van der Waals surface area contributed by atoms with Gasteiger partial charge in [0, 0.05) is 5.56 Å². The molecule has 0 saturated carbocycles. The van der Waals surface area contributed by atoms with Crippen molar-refractivity contribution in [2.45, 2.75) is 4.90 Å². The number of hydrogen-bond donors (Lipinski definition) is 3. The zero-order chi connectivity index (χ0) is 15.1. The zero-order valence-electron chi connectivity index (χ0n) is 9.71. The second-order valence-corrected chi connectivity index (χ2v) is 5.16. The fourth-order valence-corrected chi connectivity index (χ4v) is 2.06. The molecule has 1 heterocycles. The molecule has 0 aliphatic heterocycles. The topological polar surface area (TPSA) is 132 Å². The maximum Gasteiger partial charge on any atom is 0.296 e. The summed E-state index contributed by atoms with van der Waals surface area (Å²) < 4.78 is 57.2. The molecule has 0 bridgehead atoms. The Kier molecular flexibility index (Phi) is 3.28. The van der Waals surface area contributed by atoms with Crippen molar-refractivity contribution in [2.24, 2.45) is 0 Å². The number of nitrogens with two attached hydrogens (primary N) is 2. The van der Waals surface area contributed by atoms with Crippen molar-refractivity contribution < 1.29 is 21.8 Å². The van der Waals surface area contributed by atoms with E-state index in [1.807, 2.05) is 0 Å². The minimum absolute atomic E-state index is 0.0627. The Morgan fingerprint density at radius 3 is 2.10 bits per heavy atom. The maximum absolute atomic E-state index is 13.2. The number of aromatic nitrogens is 2. The van der Waals surface area contributed by atoms with Crippen molar-refractivity contribution in [2.75, 3.05) is 11.5 Å². The molecule has 106 valence electrons. The molecule has 1 aromatic carbocycles. The van der Waals surface area contributed by atoms with Gasteiger partial charge in [-0.25, -0.2) is 0 Å². The van der Waals surface area contributed by atoms with Crippen LogP contribution in [0.15, 0.2) is 23.1 Å². The summed E-state index contributed by atoms with van der Waals surface area (Å²) in [6, 6.07) is 3.17. The average Bonchev–Trinajstić information content (AvgIpc) is 2.33. The fourth-order valence-electron chi connectivity index (χ4n) is 1.47. The maximum atomic E-state index is 13.2. The molecule has 0 amide bonds. The highest BCUT2D eigenvalue weighted by atomic mass is 32.2. The summed E-state index contributed by atoms with van der Waals surface area (Å²) in [6.45, 7) is 0. The summed E-state index contributed by atoms with van der Waals surface area (Å²) >= 11 is 0. The van der Waals surface area contributed by atoms with Crippen LogP contribution in [0, 0.1) is 11.9 Å². The van der Waals surface area contributed by atoms with E-state index in [9.17, 15) is 17.2 Å². The first-order valence-corrected chi connectivity index (χ1v) is 6.50. The van der Waals surface area contributed by atoms with Gasteiger partial charge in [-0.3, -0.25) is 4.55 Å². The first-order chi connectivity index (χ1) is 9.20. The lowest BCUT2D eigenvalue weighted by molar-refractivity contribution is 0.483. The predicted octanol–water partition coefficient (Wildman–Crippen LogP) is 0.833. The molecule has 0 spiro atoms. The van der Waals surface area contributed by atoms with E-state index in [2.05, 4.69) is 9.97 Å². The molecule has 0 aliphatic rings. The van der Waals surface area contributed by atoms with E-state index in [0.29, 0.717) is 0 Å². The van der Waals surface area contributed by atoms with Gasteiger partial charge in [0.2, 0.25) is 11.9 Å². The molecule has 0 unspecified atom stereocenters. The highest BCUT2D eigenvalue weighted by Crippen LogP contribution is 2.25. The van der Waals surface area contributed by atoms with Gasteiger partial charge >= 0.3 is 0 Å². The van der Waals surface area contributed by atoms with Gasteiger partial charge in [0.25, 0.3) is 10.1 Å². The summed E-state index contributed by atoms with van der Waals surface area (Å²) in [5.41, 5.74) is 9.40. The molecular formula is C10H8F2N4O3S. The summed E-state index contributed by atoms with van der Waals surface area (Å²) in [7, 11) is -4.49. The number of anilines is 2. The van der Waals surface area contributed by atoms with E-state index in [0.717, 1.165) is 18.2 Å². The number of nitrogens with zero attached hydrogens (tertiary/aromatic N) is 2. The molecule has 0 aliphatic carbocycles. The number of benzene rings is 1. The molecule has 0 saturated heterocycles. The second kappa shape index (κ2) is 4.65. The number of rotatable bonds is 2. The first kappa shape index (κ1) is 14.1. The van der Waals surface area contributed by atoms with Crippen LogP contribution in [0.2, 0.25) is 0 Å². The van der Waals surface area contributed by atoms with Crippen LogP contribution in [0.3, 0.4) is 0 Å². The van der Waals surface area contributed by atoms with Crippen molar-refractivity contribution >= 4 is 21.5 Å². The van der Waals surface area contributed by atoms with Gasteiger partial charge in [0.15, 0.2) is 5.82 Å². The molecule has 0 radical (unpaired) electrons. The Morgan fingerprint density at radius 1 is 1.10 bits per heavy atom. The van der Waals surface area contributed by atoms with Crippen LogP contribution in [-0.2, 0) is 10.1 Å². The molecule has 5 N–H and O–H groups in total. The Labute approximate surface area is 112 Å². The molecule has 10 heteroatoms. The van der Waals surface area contributed by atoms with Gasteiger partial charge in [-0.15, -0.1) is 0 Å². The molecular weight excluding hydrogens is 294 g/mol. The largest absolute Gasteiger partial charge is 0.398 e. The van der Waals surface area contributed by atoms with E-state index >= 15 is 0 Å². The SMILES string of the molecule is Nc1cc(-c2nc(F)c(N)c(F)n2)ccc1S(=O)(=O)O. The third kappa shape index (κ3) is 2.51. The Balaban J connectivity index is 2.58. The molecule has 7 nitrogen and oxygen atoms in total. The lowest BCUT2D eigenvalue weighted by atomic mass is 10.2. The highest BCUT2D eigenvalue weighted by molar-refractivity contribution is 7.86. The standard InChI is InChI=1S/C10H8F2N4O3S/c11-8-7(14)9(12)16-10(15-8)4-1-2-6(5(13)3-4)20(17,18)19/h1-3H,13-14H2,(H,17,18,19). The number of hydrogen-bond acceptors (Lipinski definition) is 6. The van der Waals surface area contributed by atoms with Gasteiger partial charge < -0.3 is 11.5 Å². The Morgan fingerprint density at radius 2 is 1.65 bits per heavy atom. The molecule has 2 aromatic rings. The summed E-state index contributed by atoms with van der Waals surface area (Å²) in [5, 5.41) is 0. The van der Waals surface area contributed by atoms with Gasteiger partial charge in [-0.2, -0.15) is 27.2 Å². The minimum Gasteiger partial charge on any atom is -0.398 e. The predicted molar refractivity (Wildman–Crippen MR) is 66.0 cm³/mol. The van der Waals surface area contributed by atoms with Crippen LogP contribution < -0.4 is 11.5 Å². The van der Waals surface area contributed by atoms with Crippen molar-refractivity contribution in [3.63, 3.8) is 0 Å². The quantitative estimate of drug-likeness (QED) is 0.425. The van der Waals surface area contributed by atoms with Gasteiger partial charge in [-0.1, -0.05) is 0 Å². The van der Waals surface area contributed by atoms with Crippen LogP contribution in [0.5, 0.6) is 0 Å². The van der Waals surface area contributed by atoms with E-state index in [-0.39, 0.29) is 17.1 Å². The molecule has 2 rings (SSSR count). The smallest absolute Gasteiger partial charge is 0.296 e. The highest BCUT2D eigenvalue weighted by Gasteiger charge is 2.17. The summed E-state index contributed by atoms with van der Waals surface area (Å²) in [5.74, 6) is -2.85. The van der Waals surface area contributed by atoms with E-state index in [1.165, 1.54) is 0 Å². The van der Waals surface area contributed by atoms with Crippen LogP contribution in [0.4, 0.5) is 20.2 Å². The second-order valence-electron chi connectivity index (χ2n) is 3.77. The third-order valence-corrected chi connectivity index (χ3v) is 3.33. The van der Waals surface area contributed by atoms with Gasteiger partial charge in [-0.05, 0) is 18.2 Å². The monoisotopic (exact) mass is 302 g/mol. The molecule has 0 atom stereocenters.